The van der Waals surface area contributed by atoms with Gasteiger partial charge in [0.2, 0.25) is 24.4 Å². The maximum Gasteiger partial charge on any atom is 0.326 e. The minimum atomic E-state index is -1.32. The molecular formula is C21H22N7O7+. The number of hydrogen-bond donors (Lipinski definition) is 6. The van der Waals surface area contributed by atoms with Gasteiger partial charge in [0.15, 0.2) is 11.9 Å². The van der Waals surface area contributed by atoms with Crippen LogP contribution in [0.25, 0.3) is 0 Å². The Kier molecular flexibility index (Phi) is 6.44. The topological polar surface area (TPSA) is 197 Å². The van der Waals surface area contributed by atoms with Crippen LogP contribution in [0.1, 0.15) is 23.2 Å². The van der Waals surface area contributed by atoms with E-state index in [0.717, 1.165) is 5.69 Å². The minimum Gasteiger partial charge on any atom is -0.481 e. The summed E-state index contributed by atoms with van der Waals surface area (Å²) in [5.41, 5.74) is 0.853. The Hall–Kier alpha value is -4.75. The van der Waals surface area contributed by atoms with E-state index in [1.165, 1.54) is 12.1 Å². The smallest absolute Gasteiger partial charge is 0.326 e. The summed E-state index contributed by atoms with van der Waals surface area (Å²) in [6.07, 6.45) is 1.56. The van der Waals surface area contributed by atoms with Crippen molar-refractivity contribution in [2.45, 2.75) is 24.9 Å². The minimum absolute atomic E-state index is 0.0349. The first-order valence-electron chi connectivity index (χ1n) is 10.6. The number of nitrogens with zero attached hydrogens (tertiary/aromatic N) is 3. The van der Waals surface area contributed by atoms with E-state index in [1.54, 1.807) is 23.0 Å². The maximum absolute atomic E-state index is 12.6. The number of carbonyl (C=O) groups excluding carboxylic acids is 2. The van der Waals surface area contributed by atoms with E-state index in [4.69, 9.17) is 5.11 Å². The van der Waals surface area contributed by atoms with Gasteiger partial charge in [-0.05, 0) is 30.7 Å². The lowest BCUT2D eigenvalue weighted by Crippen LogP contribution is -2.41. The second-order valence-electron chi connectivity index (χ2n) is 7.93. The van der Waals surface area contributed by atoms with Gasteiger partial charge < -0.3 is 20.8 Å². The van der Waals surface area contributed by atoms with Crippen LogP contribution in [0.15, 0.2) is 29.1 Å². The molecule has 2 amide bonds. The Morgan fingerprint density at radius 1 is 1.26 bits per heavy atom. The highest BCUT2D eigenvalue weighted by molar-refractivity contribution is 5.97. The quantitative estimate of drug-likeness (QED) is 0.197. The summed E-state index contributed by atoms with van der Waals surface area (Å²) in [4.78, 5) is 66.3. The Bertz CT molecular complexity index is 1270. The molecule has 2 atom stereocenters. The van der Waals surface area contributed by atoms with E-state index in [-0.39, 0.29) is 30.4 Å². The van der Waals surface area contributed by atoms with Crippen molar-refractivity contribution in [2.24, 2.45) is 0 Å². The predicted molar refractivity (Wildman–Crippen MR) is 122 cm³/mol. The number of amides is 2. The molecule has 14 heteroatoms. The number of aromatic amines is 1. The molecule has 0 saturated carbocycles. The van der Waals surface area contributed by atoms with Gasteiger partial charge in [-0.25, -0.2) is 14.3 Å². The van der Waals surface area contributed by atoms with E-state index >= 15 is 0 Å². The lowest BCUT2D eigenvalue weighted by atomic mass is 10.1. The van der Waals surface area contributed by atoms with E-state index in [9.17, 15) is 29.1 Å². The first kappa shape index (κ1) is 23.4. The fourth-order valence-electron chi connectivity index (χ4n) is 3.92. The van der Waals surface area contributed by atoms with Crippen LogP contribution in [0.3, 0.4) is 0 Å². The van der Waals surface area contributed by atoms with Crippen molar-refractivity contribution in [3.05, 3.63) is 40.2 Å². The molecule has 0 saturated heterocycles. The zero-order valence-electron chi connectivity index (χ0n) is 18.2. The fourth-order valence-corrected chi connectivity index (χ4v) is 3.92. The van der Waals surface area contributed by atoms with Gasteiger partial charge in [-0.1, -0.05) is 0 Å². The van der Waals surface area contributed by atoms with Crippen LogP contribution in [0.2, 0.25) is 0 Å². The molecule has 3 heterocycles. The molecule has 0 bridgehead atoms. The van der Waals surface area contributed by atoms with Gasteiger partial charge in [-0.15, -0.1) is 0 Å². The van der Waals surface area contributed by atoms with Crippen molar-refractivity contribution in [3.63, 3.8) is 0 Å². The monoisotopic (exact) mass is 484 g/mol. The van der Waals surface area contributed by atoms with Crippen LogP contribution in [0.4, 0.5) is 23.1 Å². The molecule has 2 aliphatic heterocycles. The van der Waals surface area contributed by atoms with Crippen LogP contribution in [0.5, 0.6) is 0 Å². The maximum atomic E-state index is 12.6. The van der Waals surface area contributed by atoms with Gasteiger partial charge in [-0.2, -0.15) is 4.98 Å². The van der Waals surface area contributed by atoms with Crippen molar-refractivity contribution < 1.29 is 34.0 Å². The number of aromatic nitrogens is 2. The average Bonchev–Trinajstić information content (AvgIpc) is 3.26. The van der Waals surface area contributed by atoms with E-state index in [2.05, 4.69) is 25.9 Å². The van der Waals surface area contributed by atoms with Crippen LogP contribution in [0, 0.1) is 0 Å². The number of rotatable bonds is 9. The molecule has 35 heavy (non-hydrogen) atoms. The third kappa shape index (κ3) is 4.95. The Labute approximate surface area is 197 Å². The number of benzene rings is 1. The van der Waals surface area contributed by atoms with Gasteiger partial charge in [0, 0.05) is 12.0 Å². The number of carboxylic acids is 2. The Morgan fingerprint density at radius 2 is 2.00 bits per heavy atom. The standard InChI is InChI=1S/C21H21N7O7/c29-9-23-21-25-17-16(19(33)26-21)28-10-27(8-13(28)7-22-17)12-3-1-11(2-4-12)18(32)24-14(20(34)35)5-6-15(30)31/h1-4,9-10,13-14H,5-8H2,(H5-,22,23,24,25,26,29,30,31,32,33,34,35)/p+1/t13?,14-/m0/s1. The molecule has 4 rings (SSSR count). The lowest BCUT2D eigenvalue weighted by molar-refractivity contribution is -0.468. The number of carbonyl (C=O) groups is 4. The number of nitrogens with one attached hydrogen (secondary N) is 4. The largest absolute Gasteiger partial charge is 0.481 e. The highest BCUT2D eigenvalue weighted by Gasteiger charge is 2.39. The van der Waals surface area contributed by atoms with Crippen LogP contribution in [-0.4, -0.2) is 80.5 Å². The lowest BCUT2D eigenvalue weighted by Gasteiger charge is -2.21. The van der Waals surface area contributed by atoms with Crippen LogP contribution in [-0.2, 0) is 14.4 Å². The fraction of sp³-hybridized carbons (Fsp3) is 0.286. The summed E-state index contributed by atoms with van der Waals surface area (Å²) in [5, 5.41) is 25.7. The van der Waals surface area contributed by atoms with E-state index in [0.29, 0.717) is 31.0 Å². The number of anilines is 3. The first-order chi connectivity index (χ1) is 16.8. The molecule has 1 aromatic heterocycles. The average molecular weight is 484 g/mol. The molecule has 0 aliphatic carbocycles. The molecule has 0 spiro atoms. The van der Waals surface area contributed by atoms with Crippen molar-refractivity contribution in [1.82, 2.24) is 15.3 Å². The second-order valence-corrected chi connectivity index (χ2v) is 7.93. The molecule has 0 fully saturated rings. The summed E-state index contributed by atoms with van der Waals surface area (Å²) < 4.78 is 1.79. The number of H-pyrrole nitrogens is 1. The molecule has 6 N–H and O–H groups in total. The molecule has 182 valence electrons. The van der Waals surface area contributed by atoms with Crippen LogP contribution >= 0.6 is 0 Å². The summed E-state index contributed by atoms with van der Waals surface area (Å²) in [6, 6.07) is 5.05. The number of hydrogen-bond acceptors (Lipinski definition) is 8. The van der Waals surface area contributed by atoms with Gasteiger partial charge in [0.25, 0.3) is 5.91 Å². The molecule has 1 aromatic carbocycles. The molecular weight excluding hydrogens is 462 g/mol. The summed E-state index contributed by atoms with van der Waals surface area (Å²) in [5.74, 6) is -2.72. The SMILES string of the molecule is O=CNc1nc2c(c(=O)[nH]1)[N+]1=CN(c3ccc(C(=O)N[C@@H](CCC(=O)O)C(=O)O)cc3)CC1CN2. The first-order valence-corrected chi connectivity index (χ1v) is 10.6. The van der Waals surface area contributed by atoms with Gasteiger partial charge in [0.1, 0.15) is 18.3 Å². The van der Waals surface area contributed by atoms with Crippen molar-refractivity contribution in [3.8, 4) is 0 Å². The Morgan fingerprint density at radius 3 is 2.66 bits per heavy atom. The number of carboxylic acid groups (broad SMARTS) is 2. The predicted octanol–water partition coefficient (Wildman–Crippen LogP) is -0.627. The highest BCUT2D eigenvalue weighted by Crippen LogP contribution is 2.29. The highest BCUT2D eigenvalue weighted by atomic mass is 16.4. The van der Waals surface area contributed by atoms with Gasteiger partial charge in [-0.3, -0.25) is 29.5 Å². The van der Waals surface area contributed by atoms with Crippen molar-refractivity contribution >= 4 is 53.7 Å². The van der Waals surface area contributed by atoms with Gasteiger partial charge >= 0.3 is 17.5 Å². The molecule has 14 nitrogen and oxygen atoms in total. The zero-order valence-corrected chi connectivity index (χ0v) is 18.2. The summed E-state index contributed by atoms with van der Waals surface area (Å²) in [7, 11) is 0. The van der Waals surface area contributed by atoms with Crippen molar-refractivity contribution in [2.75, 3.05) is 28.6 Å². The second kappa shape index (κ2) is 9.62. The normalized spacial score (nSPS) is 16.7. The summed E-state index contributed by atoms with van der Waals surface area (Å²) >= 11 is 0. The summed E-state index contributed by atoms with van der Waals surface area (Å²) in [6.45, 7) is 1.05. The zero-order chi connectivity index (χ0) is 25.1. The van der Waals surface area contributed by atoms with E-state index < -0.39 is 29.4 Å². The van der Waals surface area contributed by atoms with E-state index in [1.807, 2.05) is 4.90 Å². The molecule has 1 unspecified atom stereocenters. The Balaban J connectivity index is 1.50. The van der Waals surface area contributed by atoms with Crippen molar-refractivity contribution in [1.29, 1.82) is 0 Å². The number of aliphatic carboxylic acids is 2. The van der Waals surface area contributed by atoms with Gasteiger partial charge in [0.05, 0.1) is 6.54 Å². The third-order valence-electron chi connectivity index (χ3n) is 5.63. The third-order valence-corrected chi connectivity index (χ3v) is 5.63. The molecule has 0 radical (unpaired) electrons. The van der Waals surface area contributed by atoms with Crippen LogP contribution < -0.4 is 26.4 Å². The number of fused-ring (bicyclic) bond motifs is 3. The molecule has 2 aromatic rings. The molecule has 2 aliphatic rings.